The van der Waals surface area contributed by atoms with Crippen molar-refractivity contribution in [2.24, 2.45) is 10.7 Å². The van der Waals surface area contributed by atoms with E-state index in [1.54, 1.807) is 0 Å². The fourth-order valence-corrected chi connectivity index (χ4v) is 4.37. The summed E-state index contributed by atoms with van der Waals surface area (Å²) >= 11 is 1.83. The maximum absolute atomic E-state index is 10.3. The minimum absolute atomic E-state index is 0.683. The molecule has 40 heavy (non-hydrogen) atoms. The average Bonchev–Trinajstić information content (AvgIpc) is 2.90. The summed E-state index contributed by atoms with van der Waals surface area (Å²) in [5, 5.41) is 33.8. The Morgan fingerprint density at radius 3 is 1.65 bits per heavy atom. The summed E-state index contributed by atoms with van der Waals surface area (Å²) in [6, 6.07) is 10.5. The smallest absolute Gasteiger partial charge is 0.336 e. The van der Waals surface area contributed by atoms with Crippen LogP contribution in [0.25, 0.3) is 0 Å². The third-order valence-corrected chi connectivity index (χ3v) is 7.14. The quantitative estimate of drug-likeness (QED) is 0.0689. The van der Waals surface area contributed by atoms with Crippen molar-refractivity contribution in [3.05, 3.63) is 30.3 Å². The molecule has 228 valence electrons. The monoisotopic (exact) mass is 585 g/mol. The molecule has 0 amide bonds. The standard InChI is InChI=1S/C21H39N5S.C6H8O7/c1-5-24(6-2)15-17-26(18-16-25(7-3)8-4)21(22)23-14-19-27-20-12-10-9-11-13-20;7-3(8)1-6(13,5(11)12)2-4(9)10/h9-13H,5-8,14-19H2,1-4H3,(H2,22,23);13H,1-2H2,(H,7,8)(H,9,10)(H,11,12). The van der Waals surface area contributed by atoms with Crippen molar-refractivity contribution in [3.8, 4) is 0 Å². The van der Waals surface area contributed by atoms with Gasteiger partial charge in [-0.3, -0.25) is 14.6 Å². The molecule has 0 spiro atoms. The molecule has 0 fully saturated rings. The number of likely N-dealkylation sites (N-methyl/N-ethyl adjacent to an activating group) is 2. The van der Waals surface area contributed by atoms with Crippen LogP contribution in [-0.4, -0.2) is 129 Å². The van der Waals surface area contributed by atoms with Gasteiger partial charge in [-0.1, -0.05) is 45.9 Å². The van der Waals surface area contributed by atoms with Crippen LogP contribution in [0.3, 0.4) is 0 Å². The number of aliphatic imine (C=N–C) groups is 1. The van der Waals surface area contributed by atoms with Gasteiger partial charge in [0, 0.05) is 36.8 Å². The van der Waals surface area contributed by atoms with Crippen LogP contribution in [0, 0.1) is 0 Å². The Balaban J connectivity index is 0.000000983. The van der Waals surface area contributed by atoms with E-state index in [0.717, 1.165) is 64.7 Å². The summed E-state index contributed by atoms with van der Waals surface area (Å²) in [7, 11) is 0. The lowest BCUT2D eigenvalue weighted by molar-refractivity contribution is -0.170. The molecule has 0 aromatic heterocycles. The van der Waals surface area contributed by atoms with Crippen LogP contribution in [0.5, 0.6) is 0 Å². The van der Waals surface area contributed by atoms with Crippen LogP contribution in [0.4, 0.5) is 0 Å². The molecule has 12 nitrogen and oxygen atoms in total. The van der Waals surface area contributed by atoms with Gasteiger partial charge in [0.2, 0.25) is 0 Å². The molecule has 1 aromatic carbocycles. The molecule has 0 unspecified atom stereocenters. The van der Waals surface area contributed by atoms with E-state index >= 15 is 0 Å². The molecule has 13 heteroatoms. The van der Waals surface area contributed by atoms with Crippen molar-refractivity contribution >= 4 is 35.6 Å². The van der Waals surface area contributed by atoms with Crippen molar-refractivity contribution in [2.45, 2.75) is 51.0 Å². The molecular weight excluding hydrogens is 538 g/mol. The lowest BCUT2D eigenvalue weighted by Gasteiger charge is -2.29. The third-order valence-electron chi connectivity index (χ3n) is 6.15. The first-order valence-corrected chi connectivity index (χ1v) is 14.5. The number of carbonyl (C=O) groups is 3. The van der Waals surface area contributed by atoms with Gasteiger partial charge in [-0.2, -0.15) is 0 Å². The van der Waals surface area contributed by atoms with E-state index in [4.69, 9.17) is 26.2 Å². The van der Waals surface area contributed by atoms with E-state index in [-0.39, 0.29) is 0 Å². The minimum Gasteiger partial charge on any atom is -0.481 e. The Hall–Kier alpha value is -2.87. The number of nitrogens with two attached hydrogens (primary N) is 1. The third kappa shape index (κ3) is 16.3. The van der Waals surface area contributed by atoms with Gasteiger partial charge in [-0.05, 0) is 38.3 Å². The first kappa shape index (κ1) is 37.1. The van der Waals surface area contributed by atoms with Crippen LogP contribution in [0.1, 0.15) is 40.5 Å². The number of guanidine groups is 1. The van der Waals surface area contributed by atoms with Crippen molar-refractivity contribution in [1.29, 1.82) is 0 Å². The van der Waals surface area contributed by atoms with Crippen LogP contribution in [0.15, 0.2) is 40.2 Å². The number of benzene rings is 1. The van der Waals surface area contributed by atoms with E-state index < -0.39 is 36.4 Å². The Labute approximate surface area is 241 Å². The first-order valence-electron chi connectivity index (χ1n) is 13.5. The summed E-state index contributed by atoms with van der Waals surface area (Å²) in [6.07, 6.45) is -2.29. The van der Waals surface area contributed by atoms with Gasteiger partial charge in [0.05, 0.1) is 19.4 Å². The fourth-order valence-electron chi connectivity index (χ4n) is 3.60. The fraction of sp³-hybridized carbons (Fsp3) is 0.630. The number of aliphatic hydroxyl groups is 1. The number of nitrogens with zero attached hydrogens (tertiary/aromatic N) is 4. The SMILES string of the molecule is CCN(CC)CCN(CCN(CC)CC)C(N)=NCCSc1ccccc1.O=C(O)CC(O)(CC(=O)O)C(=O)O. The first-order chi connectivity index (χ1) is 18.9. The van der Waals surface area contributed by atoms with Gasteiger partial charge in [0.25, 0.3) is 0 Å². The topological polar surface area (TPSA) is 180 Å². The van der Waals surface area contributed by atoms with Gasteiger partial charge in [-0.15, -0.1) is 11.8 Å². The molecule has 0 radical (unpaired) electrons. The number of aliphatic carboxylic acids is 3. The number of rotatable bonds is 19. The van der Waals surface area contributed by atoms with E-state index in [1.165, 1.54) is 4.90 Å². The summed E-state index contributed by atoms with van der Waals surface area (Å²) in [5.41, 5.74) is 3.63. The van der Waals surface area contributed by atoms with Gasteiger partial charge in [0.15, 0.2) is 11.6 Å². The van der Waals surface area contributed by atoms with Crippen LogP contribution in [0.2, 0.25) is 0 Å². The summed E-state index contributed by atoms with van der Waals surface area (Å²) in [6.45, 7) is 17.8. The summed E-state index contributed by atoms with van der Waals surface area (Å²) in [5.74, 6) is -3.39. The zero-order chi connectivity index (χ0) is 30.6. The van der Waals surface area contributed by atoms with Crippen LogP contribution < -0.4 is 5.73 Å². The lowest BCUT2D eigenvalue weighted by atomic mass is 9.96. The summed E-state index contributed by atoms with van der Waals surface area (Å²) in [4.78, 5) is 43.6. The van der Waals surface area contributed by atoms with Gasteiger partial charge >= 0.3 is 17.9 Å². The normalized spacial score (nSPS) is 11.7. The maximum atomic E-state index is 10.3. The van der Waals surface area contributed by atoms with Crippen LogP contribution in [-0.2, 0) is 14.4 Å². The number of hydrogen-bond acceptors (Lipinski definition) is 8. The van der Waals surface area contributed by atoms with E-state index in [1.807, 2.05) is 17.8 Å². The maximum Gasteiger partial charge on any atom is 0.336 e. The van der Waals surface area contributed by atoms with Crippen molar-refractivity contribution in [1.82, 2.24) is 14.7 Å². The van der Waals surface area contributed by atoms with Gasteiger partial charge in [0.1, 0.15) is 0 Å². The number of hydrogen-bond donors (Lipinski definition) is 5. The molecule has 0 heterocycles. The highest BCUT2D eigenvalue weighted by molar-refractivity contribution is 7.99. The molecule has 6 N–H and O–H groups in total. The zero-order valence-corrected chi connectivity index (χ0v) is 25.0. The van der Waals surface area contributed by atoms with E-state index in [2.05, 4.69) is 71.7 Å². The second-order valence-corrected chi connectivity index (χ2v) is 10.1. The molecule has 0 atom stereocenters. The molecule has 0 aliphatic heterocycles. The van der Waals surface area contributed by atoms with Crippen molar-refractivity contribution in [2.75, 3.05) is 64.7 Å². The average molecular weight is 586 g/mol. The highest BCUT2D eigenvalue weighted by Gasteiger charge is 2.40. The van der Waals surface area contributed by atoms with Crippen molar-refractivity contribution < 1.29 is 34.8 Å². The number of thioether (sulfide) groups is 1. The number of carboxylic acid groups (broad SMARTS) is 3. The predicted molar refractivity (Wildman–Crippen MR) is 158 cm³/mol. The predicted octanol–water partition coefficient (Wildman–Crippen LogP) is 1.83. The van der Waals surface area contributed by atoms with Gasteiger partial charge in [-0.25, -0.2) is 4.79 Å². The van der Waals surface area contributed by atoms with E-state index in [0.29, 0.717) is 5.96 Å². The molecule has 0 bridgehead atoms. The van der Waals surface area contributed by atoms with E-state index in [9.17, 15) is 14.4 Å². The summed E-state index contributed by atoms with van der Waals surface area (Å²) < 4.78 is 0. The molecule has 1 aromatic rings. The molecule has 0 saturated heterocycles. The second kappa shape index (κ2) is 21.0. The molecular formula is C27H47N5O7S. The Morgan fingerprint density at radius 1 is 0.825 bits per heavy atom. The zero-order valence-electron chi connectivity index (χ0n) is 24.2. The molecule has 0 saturated carbocycles. The minimum atomic E-state index is -2.74. The Kier molecular flexibility index (Phi) is 19.5. The largest absolute Gasteiger partial charge is 0.481 e. The van der Waals surface area contributed by atoms with Crippen LogP contribution >= 0.6 is 11.8 Å². The highest BCUT2D eigenvalue weighted by atomic mass is 32.2. The van der Waals surface area contributed by atoms with Gasteiger partial charge < -0.3 is 40.9 Å². The van der Waals surface area contributed by atoms with Crippen molar-refractivity contribution in [3.63, 3.8) is 0 Å². The number of carboxylic acids is 3. The molecule has 0 aliphatic carbocycles. The second-order valence-electron chi connectivity index (χ2n) is 8.92. The molecule has 1 rings (SSSR count). The Morgan fingerprint density at radius 2 is 1.27 bits per heavy atom. The lowest BCUT2D eigenvalue weighted by Crippen LogP contribution is -2.46. The Bertz CT molecular complexity index is 865. The highest BCUT2D eigenvalue weighted by Crippen LogP contribution is 2.16. The molecule has 0 aliphatic rings.